The molecule has 0 bridgehead atoms. The summed E-state index contributed by atoms with van der Waals surface area (Å²) in [6.07, 6.45) is -2.86. The summed E-state index contributed by atoms with van der Waals surface area (Å²) in [4.78, 5) is 18.2. The molecule has 3 heterocycles. The van der Waals surface area contributed by atoms with E-state index in [1.807, 2.05) is 44.2 Å². The molecule has 0 radical (unpaired) electrons. The number of rotatable bonds is 5. The van der Waals surface area contributed by atoms with Gasteiger partial charge >= 0.3 is 6.18 Å². The highest BCUT2D eigenvalue weighted by Crippen LogP contribution is 2.30. The third-order valence-corrected chi connectivity index (χ3v) is 6.04. The van der Waals surface area contributed by atoms with Gasteiger partial charge in [-0.15, -0.1) is 0 Å². The Bertz CT molecular complexity index is 1690. The second-order valence-electron chi connectivity index (χ2n) is 8.85. The zero-order valence-electron chi connectivity index (χ0n) is 20.4. The normalized spacial score (nSPS) is 11.7. The quantitative estimate of drug-likeness (QED) is 0.292. The maximum Gasteiger partial charge on any atom is 0.416 e. The second kappa shape index (κ2) is 9.24. The van der Waals surface area contributed by atoms with Crippen LogP contribution in [0.2, 0.25) is 0 Å². The van der Waals surface area contributed by atoms with E-state index in [0.29, 0.717) is 22.5 Å². The Morgan fingerprint density at radius 1 is 0.946 bits per heavy atom. The molecule has 0 saturated heterocycles. The van der Waals surface area contributed by atoms with Crippen molar-refractivity contribution < 1.29 is 17.9 Å². The molecule has 0 aliphatic rings. The van der Waals surface area contributed by atoms with Crippen LogP contribution in [0.4, 0.5) is 13.2 Å². The zero-order chi connectivity index (χ0) is 26.3. The fourth-order valence-electron chi connectivity index (χ4n) is 4.27. The van der Waals surface area contributed by atoms with Gasteiger partial charge in [-0.1, -0.05) is 24.3 Å². The summed E-state index contributed by atoms with van der Waals surface area (Å²) in [6, 6.07) is 17.9. The Labute approximate surface area is 210 Å². The number of aromatic nitrogens is 4. The highest BCUT2D eigenvalue weighted by Gasteiger charge is 2.30. The first-order chi connectivity index (χ1) is 17.6. The van der Waals surface area contributed by atoms with Crippen molar-refractivity contribution >= 4 is 5.65 Å². The molecule has 0 spiro atoms. The summed E-state index contributed by atoms with van der Waals surface area (Å²) in [5.74, 6) is 0.285. The Kier molecular flexibility index (Phi) is 6.07. The fraction of sp³-hybridized carbons (Fsp3) is 0.179. The minimum atomic E-state index is -4.44. The smallest absolute Gasteiger partial charge is 0.416 e. The van der Waals surface area contributed by atoms with E-state index in [4.69, 9.17) is 4.74 Å². The van der Waals surface area contributed by atoms with Gasteiger partial charge in [0.15, 0.2) is 11.4 Å². The van der Waals surface area contributed by atoms with Crippen molar-refractivity contribution in [3.8, 4) is 22.7 Å². The first-order valence-electron chi connectivity index (χ1n) is 11.6. The molecule has 9 heteroatoms. The summed E-state index contributed by atoms with van der Waals surface area (Å²) < 4.78 is 48.1. The van der Waals surface area contributed by atoms with E-state index in [-0.39, 0.29) is 23.6 Å². The number of pyridine rings is 1. The number of benzene rings is 2. The predicted octanol–water partition coefficient (Wildman–Crippen LogP) is 6.07. The van der Waals surface area contributed by atoms with E-state index in [2.05, 4.69) is 10.1 Å². The number of nitrogens with zero attached hydrogens (tertiary/aromatic N) is 4. The molecule has 0 unspecified atom stereocenters. The van der Waals surface area contributed by atoms with E-state index >= 15 is 0 Å². The molecule has 2 aromatic carbocycles. The third kappa shape index (κ3) is 4.72. The SMILES string of the molecule is Cc1cccc(-n2nc(-c3c(C)nc4c(OCc5cccc(C(F)(F)F)c5)cccn4c3=O)cc2C)c1. The van der Waals surface area contributed by atoms with Crippen molar-refractivity contribution in [2.45, 2.75) is 33.6 Å². The van der Waals surface area contributed by atoms with Gasteiger partial charge < -0.3 is 4.74 Å². The molecule has 188 valence electrons. The second-order valence-corrected chi connectivity index (χ2v) is 8.85. The van der Waals surface area contributed by atoms with Gasteiger partial charge in [0.05, 0.1) is 22.5 Å². The summed E-state index contributed by atoms with van der Waals surface area (Å²) >= 11 is 0. The van der Waals surface area contributed by atoms with Crippen molar-refractivity contribution in [2.24, 2.45) is 0 Å². The van der Waals surface area contributed by atoms with E-state index in [0.717, 1.165) is 29.1 Å². The maximum atomic E-state index is 13.5. The first-order valence-corrected chi connectivity index (χ1v) is 11.6. The van der Waals surface area contributed by atoms with Gasteiger partial charge in [-0.2, -0.15) is 18.3 Å². The Hall–Kier alpha value is -4.40. The van der Waals surface area contributed by atoms with Crippen LogP contribution in [0.25, 0.3) is 22.6 Å². The molecule has 0 amide bonds. The van der Waals surface area contributed by atoms with Crippen LogP contribution in [0.5, 0.6) is 5.75 Å². The van der Waals surface area contributed by atoms with Crippen molar-refractivity contribution in [1.29, 1.82) is 0 Å². The van der Waals surface area contributed by atoms with Crippen molar-refractivity contribution in [2.75, 3.05) is 0 Å². The monoisotopic (exact) mass is 504 g/mol. The van der Waals surface area contributed by atoms with E-state index < -0.39 is 11.7 Å². The molecule has 0 atom stereocenters. The molecule has 3 aromatic heterocycles. The lowest BCUT2D eigenvalue weighted by Crippen LogP contribution is -2.19. The lowest BCUT2D eigenvalue weighted by molar-refractivity contribution is -0.137. The molecule has 0 aliphatic carbocycles. The lowest BCUT2D eigenvalue weighted by Gasteiger charge is -2.13. The van der Waals surface area contributed by atoms with Crippen molar-refractivity contribution in [1.82, 2.24) is 19.2 Å². The lowest BCUT2D eigenvalue weighted by atomic mass is 10.1. The highest BCUT2D eigenvalue weighted by atomic mass is 19.4. The van der Waals surface area contributed by atoms with Gasteiger partial charge in [0.2, 0.25) is 0 Å². The molecule has 0 fully saturated rings. The predicted molar refractivity (Wildman–Crippen MR) is 134 cm³/mol. The van der Waals surface area contributed by atoms with Gasteiger partial charge in [0.25, 0.3) is 5.56 Å². The van der Waals surface area contributed by atoms with Gasteiger partial charge in [-0.05, 0) is 74.4 Å². The molecule has 0 aliphatic heterocycles. The van der Waals surface area contributed by atoms with Crippen LogP contribution >= 0.6 is 0 Å². The number of hydrogen-bond donors (Lipinski definition) is 0. The average Bonchev–Trinajstić information content (AvgIpc) is 3.23. The van der Waals surface area contributed by atoms with Crippen LogP contribution in [-0.2, 0) is 12.8 Å². The van der Waals surface area contributed by atoms with Crippen LogP contribution in [0.3, 0.4) is 0 Å². The van der Waals surface area contributed by atoms with E-state index in [9.17, 15) is 18.0 Å². The fourth-order valence-corrected chi connectivity index (χ4v) is 4.27. The molecule has 5 aromatic rings. The number of alkyl halides is 3. The number of halogens is 3. The molecule has 37 heavy (non-hydrogen) atoms. The summed E-state index contributed by atoms with van der Waals surface area (Å²) in [7, 11) is 0. The van der Waals surface area contributed by atoms with E-state index in [1.165, 1.54) is 10.5 Å². The van der Waals surface area contributed by atoms with Crippen molar-refractivity contribution in [3.63, 3.8) is 0 Å². The minimum absolute atomic E-state index is 0.111. The summed E-state index contributed by atoms with van der Waals surface area (Å²) in [5.41, 5.74) is 3.73. The Morgan fingerprint density at radius 3 is 2.49 bits per heavy atom. The molecule has 5 rings (SSSR count). The van der Waals surface area contributed by atoms with Crippen molar-refractivity contribution in [3.05, 3.63) is 111 Å². The van der Waals surface area contributed by atoms with Gasteiger partial charge in [-0.3, -0.25) is 9.20 Å². The van der Waals surface area contributed by atoms with Gasteiger partial charge in [0, 0.05) is 11.9 Å². The van der Waals surface area contributed by atoms with Crippen LogP contribution in [0, 0.1) is 20.8 Å². The van der Waals surface area contributed by atoms with Crippen LogP contribution < -0.4 is 10.3 Å². The van der Waals surface area contributed by atoms with E-state index in [1.54, 1.807) is 36.0 Å². The van der Waals surface area contributed by atoms with Crippen LogP contribution in [-0.4, -0.2) is 19.2 Å². The average molecular weight is 505 g/mol. The number of aryl methyl sites for hydroxylation is 3. The van der Waals surface area contributed by atoms with Crippen LogP contribution in [0.1, 0.15) is 28.1 Å². The van der Waals surface area contributed by atoms with Gasteiger partial charge in [0.1, 0.15) is 12.3 Å². The van der Waals surface area contributed by atoms with Crippen LogP contribution in [0.15, 0.2) is 77.7 Å². The largest absolute Gasteiger partial charge is 0.485 e. The molecule has 6 nitrogen and oxygen atoms in total. The van der Waals surface area contributed by atoms with Gasteiger partial charge in [-0.25, -0.2) is 9.67 Å². The molecular weight excluding hydrogens is 481 g/mol. The Morgan fingerprint density at radius 2 is 1.73 bits per heavy atom. The number of ether oxygens (including phenoxy) is 1. The number of hydrogen-bond acceptors (Lipinski definition) is 4. The highest BCUT2D eigenvalue weighted by molar-refractivity contribution is 5.65. The Balaban J connectivity index is 1.51. The first kappa shape index (κ1) is 24.3. The topological polar surface area (TPSA) is 61.4 Å². The third-order valence-electron chi connectivity index (χ3n) is 6.04. The number of fused-ring (bicyclic) bond motifs is 1. The molecular formula is C28H23F3N4O2. The minimum Gasteiger partial charge on any atom is -0.485 e. The summed E-state index contributed by atoms with van der Waals surface area (Å²) in [5, 5.41) is 4.69. The standard InChI is InChI=1S/C28H23F3N4O2/c1-17-7-4-10-22(13-17)35-18(2)14-23(33-35)25-19(3)32-26-24(11-6-12-34(26)27(25)36)37-16-20-8-5-9-21(15-20)28(29,30)31/h4-15H,16H2,1-3H3. The molecule has 0 saturated carbocycles. The summed E-state index contributed by atoms with van der Waals surface area (Å²) in [6.45, 7) is 5.53. The molecule has 0 N–H and O–H groups in total. The zero-order valence-corrected chi connectivity index (χ0v) is 20.4. The maximum absolute atomic E-state index is 13.5.